The summed E-state index contributed by atoms with van der Waals surface area (Å²) in [7, 11) is 0. The molecule has 0 bridgehead atoms. The van der Waals surface area contributed by atoms with Gasteiger partial charge in [0.1, 0.15) is 23.2 Å². The van der Waals surface area contributed by atoms with E-state index in [1.165, 1.54) is 26.6 Å². The lowest BCUT2D eigenvalue weighted by Gasteiger charge is -2.27. The van der Waals surface area contributed by atoms with Crippen LogP contribution in [-0.2, 0) is 24.4 Å². The van der Waals surface area contributed by atoms with Gasteiger partial charge in [-0.1, -0.05) is 6.07 Å². The van der Waals surface area contributed by atoms with Gasteiger partial charge in [-0.25, -0.2) is 4.39 Å². The van der Waals surface area contributed by atoms with Crippen LogP contribution in [0, 0.1) is 19.7 Å². The summed E-state index contributed by atoms with van der Waals surface area (Å²) in [6.45, 7) is 5.24. The van der Waals surface area contributed by atoms with Crippen LogP contribution in [0.3, 0.4) is 0 Å². The van der Waals surface area contributed by atoms with Crippen LogP contribution in [0.2, 0.25) is 0 Å². The Morgan fingerprint density at radius 3 is 3.00 bits per heavy atom. The first-order chi connectivity index (χ1) is 12.6. The number of aromatic nitrogens is 3. The minimum absolute atomic E-state index is 0.140. The molecule has 1 aliphatic heterocycles. The van der Waals surface area contributed by atoms with Gasteiger partial charge >= 0.3 is 0 Å². The molecular formula is C20H20FN3OS. The van der Waals surface area contributed by atoms with Crippen LogP contribution in [0.15, 0.2) is 18.2 Å². The largest absolute Gasteiger partial charge is 0.369 e. The molecule has 0 fully saturated rings. The van der Waals surface area contributed by atoms with Gasteiger partial charge in [0.15, 0.2) is 5.82 Å². The van der Waals surface area contributed by atoms with Gasteiger partial charge in [-0.3, -0.25) is 4.57 Å². The van der Waals surface area contributed by atoms with Crippen molar-refractivity contribution < 1.29 is 9.13 Å². The van der Waals surface area contributed by atoms with Crippen LogP contribution in [0.25, 0.3) is 5.00 Å². The molecule has 1 atom stereocenters. The second kappa shape index (κ2) is 5.99. The van der Waals surface area contributed by atoms with E-state index in [0.29, 0.717) is 19.1 Å². The molecule has 5 rings (SSSR count). The van der Waals surface area contributed by atoms with Gasteiger partial charge in [-0.2, -0.15) is 0 Å². The highest BCUT2D eigenvalue weighted by molar-refractivity contribution is 7.14. The van der Waals surface area contributed by atoms with E-state index in [9.17, 15) is 4.39 Å². The second-order valence-corrected chi connectivity index (χ2v) is 8.34. The number of fused-ring (bicyclic) bond motifs is 4. The van der Waals surface area contributed by atoms with Gasteiger partial charge < -0.3 is 4.74 Å². The summed E-state index contributed by atoms with van der Waals surface area (Å²) in [5, 5.41) is 9.68. The molecule has 0 saturated heterocycles. The molecule has 1 unspecified atom stereocenters. The highest BCUT2D eigenvalue weighted by Gasteiger charge is 2.31. The van der Waals surface area contributed by atoms with Crippen LogP contribution >= 0.6 is 11.3 Å². The van der Waals surface area contributed by atoms with E-state index in [1.54, 1.807) is 23.5 Å². The van der Waals surface area contributed by atoms with E-state index in [1.807, 2.05) is 13.0 Å². The Balaban J connectivity index is 1.70. The molecule has 1 aromatic carbocycles. The maximum atomic E-state index is 13.7. The minimum atomic E-state index is -0.140. The Kier molecular flexibility index (Phi) is 3.72. The lowest BCUT2D eigenvalue weighted by Crippen LogP contribution is -2.13. The van der Waals surface area contributed by atoms with Gasteiger partial charge in [0.2, 0.25) is 0 Å². The van der Waals surface area contributed by atoms with Crippen LogP contribution in [0.5, 0.6) is 0 Å². The van der Waals surface area contributed by atoms with Crippen LogP contribution in [0.4, 0.5) is 4.39 Å². The molecular weight excluding hydrogens is 349 g/mol. The standard InChI is InChI=1S/C20H20FN3OS/c1-11-19(16-5-3-4-13-8-14(21)6-7-15(13)16)17-9-25-10-18-23-22-12(2)24(18)20(17)26-11/h6-8,16H,3-5,9-10H2,1-2H3. The topological polar surface area (TPSA) is 39.9 Å². The summed E-state index contributed by atoms with van der Waals surface area (Å²) in [4.78, 5) is 1.31. The fourth-order valence-corrected chi connectivity index (χ4v) is 5.74. The van der Waals surface area contributed by atoms with Crippen molar-refractivity contribution in [1.29, 1.82) is 0 Å². The Bertz CT molecular complexity index is 1010. The highest BCUT2D eigenvalue weighted by Crippen LogP contribution is 2.45. The Morgan fingerprint density at radius 1 is 1.23 bits per heavy atom. The summed E-state index contributed by atoms with van der Waals surface area (Å²) in [6.07, 6.45) is 3.14. The fourth-order valence-electron chi connectivity index (χ4n) is 4.46. The maximum absolute atomic E-state index is 13.7. The van der Waals surface area contributed by atoms with Crippen molar-refractivity contribution in [2.24, 2.45) is 0 Å². The molecule has 134 valence electrons. The molecule has 2 aliphatic rings. The Morgan fingerprint density at radius 2 is 2.12 bits per heavy atom. The number of ether oxygens (including phenoxy) is 1. The monoisotopic (exact) mass is 369 g/mol. The number of hydrogen-bond donors (Lipinski definition) is 0. The highest BCUT2D eigenvalue weighted by atomic mass is 32.1. The molecule has 0 N–H and O–H groups in total. The second-order valence-electron chi connectivity index (χ2n) is 7.14. The summed E-state index contributed by atoms with van der Waals surface area (Å²) in [5.41, 5.74) is 5.03. The zero-order valence-electron chi connectivity index (χ0n) is 14.9. The summed E-state index contributed by atoms with van der Waals surface area (Å²) in [5.74, 6) is 1.92. The van der Waals surface area contributed by atoms with Gasteiger partial charge in [0, 0.05) is 16.4 Å². The summed E-state index contributed by atoms with van der Waals surface area (Å²) < 4.78 is 21.8. The Labute approximate surface area is 155 Å². The third kappa shape index (κ3) is 2.36. The van der Waals surface area contributed by atoms with E-state index >= 15 is 0 Å². The number of halogens is 1. The molecule has 0 radical (unpaired) electrons. The van der Waals surface area contributed by atoms with Crippen molar-refractivity contribution >= 4 is 11.3 Å². The summed E-state index contributed by atoms with van der Waals surface area (Å²) in [6, 6.07) is 5.28. The molecule has 0 saturated carbocycles. The van der Waals surface area contributed by atoms with Crippen molar-refractivity contribution in [2.45, 2.75) is 52.2 Å². The number of thiophene rings is 1. The van der Waals surface area contributed by atoms with Crippen molar-refractivity contribution in [3.8, 4) is 5.00 Å². The molecule has 0 spiro atoms. The smallest absolute Gasteiger partial charge is 0.164 e. The zero-order valence-corrected chi connectivity index (χ0v) is 15.7. The van der Waals surface area contributed by atoms with E-state index in [0.717, 1.165) is 36.5 Å². The fraction of sp³-hybridized carbons (Fsp3) is 0.400. The quantitative estimate of drug-likeness (QED) is 0.630. The van der Waals surface area contributed by atoms with Crippen molar-refractivity contribution in [3.63, 3.8) is 0 Å². The third-order valence-electron chi connectivity index (χ3n) is 5.55. The molecule has 4 nitrogen and oxygen atoms in total. The average Bonchev–Trinajstić information content (AvgIpc) is 3.08. The van der Waals surface area contributed by atoms with Crippen molar-refractivity contribution in [2.75, 3.05) is 0 Å². The molecule has 26 heavy (non-hydrogen) atoms. The number of nitrogens with zero attached hydrogens (tertiary/aromatic N) is 3. The maximum Gasteiger partial charge on any atom is 0.164 e. The van der Waals surface area contributed by atoms with E-state index < -0.39 is 0 Å². The average molecular weight is 369 g/mol. The first-order valence-electron chi connectivity index (χ1n) is 9.03. The molecule has 3 aromatic rings. The first-order valence-corrected chi connectivity index (χ1v) is 9.84. The summed E-state index contributed by atoms with van der Waals surface area (Å²) >= 11 is 1.79. The van der Waals surface area contributed by atoms with Crippen molar-refractivity contribution in [3.05, 3.63) is 62.8 Å². The number of rotatable bonds is 1. The predicted octanol–water partition coefficient (Wildman–Crippen LogP) is 4.58. The van der Waals surface area contributed by atoms with Gasteiger partial charge in [0.25, 0.3) is 0 Å². The predicted molar refractivity (Wildman–Crippen MR) is 98.4 cm³/mol. The lowest BCUT2D eigenvalue weighted by molar-refractivity contribution is 0.104. The molecule has 0 amide bonds. The minimum Gasteiger partial charge on any atom is -0.369 e. The van der Waals surface area contributed by atoms with E-state index in [4.69, 9.17) is 4.74 Å². The van der Waals surface area contributed by atoms with Gasteiger partial charge in [0.05, 0.1) is 6.61 Å². The van der Waals surface area contributed by atoms with Crippen molar-refractivity contribution in [1.82, 2.24) is 14.8 Å². The van der Waals surface area contributed by atoms with Crippen LogP contribution < -0.4 is 0 Å². The third-order valence-corrected chi connectivity index (χ3v) is 6.70. The SMILES string of the molecule is Cc1sc2c(c1C1CCCc3cc(F)ccc31)COCc1nnc(C)n1-2. The Hall–Kier alpha value is -2.05. The van der Waals surface area contributed by atoms with Gasteiger partial charge in [-0.05, 0) is 61.9 Å². The van der Waals surface area contributed by atoms with Gasteiger partial charge in [-0.15, -0.1) is 21.5 Å². The first kappa shape index (κ1) is 16.1. The van der Waals surface area contributed by atoms with Crippen LogP contribution in [0.1, 0.15) is 57.5 Å². The van der Waals surface area contributed by atoms with Crippen LogP contribution in [-0.4, -0.2) is 14.8 Å². The van der Waals surface area contributed by atoms with E-state index in [2.05, 4.69) is 21.7 Å². The molecule has 6 heteroatoms. The zero-order chi connectivity index (χ0) is 17.8. The van der Waals surface area contributed by atoms with E-state index in [-0.39, 0.29) is 5.82 Å². The molecule has 1 aliphatic carbocycles. The normalized spacial score (nSPS) is 18.8. The number of aryl methyl sites for hydroxylation is 3. The molecule has 3 heterocycles. The number of benzene rings is 1. The number of hydrogen-bond acceptors (Lipinski definition) is 4. The lowest BCUT2D eigenvalue weighted by atomic mass is 9.78. The molecule has 2 aromatic heterocycles.